The molecule has 0 saturated heterocycles. The number of nitrogens with two attached hydrogens (primary N) is 1. The molecule has 0 fully saturated rings. The normalized spacial score (nSPS) is 20.2. The van der Waals surface area contributed by atoms with Crippen LogP contribution in [0.2, 0.25) is 0 Å². The molecule has 3 heteroatoms. The van der Waals surface area contributed by atoms with Gasteiger partial charge in [0, 0.05) is 19.3 Å². The number of ether oxygens (including phenoxy) is 2. The minimum absolute atomic E-state index is 0.0259. The van der Waals surface area contributed by atoms with E-state index in [1.165, 1.54) is 5.57 Å². The van der Waals surface area contributed by atoms with Crippen LogP contribution in [-0.2, 0) is 9.47 Å². The van der Waals surface area contributed by atoms with Crippen molar-refractivity contribution < 1.29 is 9.47 Å². The maximum absolute atomic E-state index is 5.98. The van der Waals surface area contributed by atoms with E-state index >= 15 is 0 Å². The lowest BCUT2D eigenvalue weighted by Gasteiger charge is -2.17. The first-order valence-corrected chi connectivity index (χ1v) is 7.25. The van der Waals surface area contributed by atoms with E-state index in [2.05, 4.69) is 25.2 Å². The molecule has 1 rings (SSSR count). The molecule has 19 heavy (non-hydrogen) atoms. The zero-order chi connectivity index (χ0) is 13.9. The van der Waals surface area contributed by atoms with Crippen LogP contribution in [0.25, 0.3) is 0 Å². The topological polar surface area (TPSA) is 44.5 Å². The molecule has 1 unspecified atom stereocenters. The molecule has 0 bridgehead atoms. The summed E-state index contributed by atoms with van der Waals surface area (Å²) in [5.74, 6) is 0.522. The van der Waals surface area contributed by atoms with Crippen LogP contribution in [0.4, 0.5) is 0 Å². The SMILES string of the molecule is CCOCCOCC[C@@H](CC)C1=CC(N)C=CC=C1. The van der Waals surface area contributed by atoms with Gasteiger partial charge in [0.15, 0.2) is 0 Å². The van der Waals surface area contributed by atoms with Gasteiger partial charge in [0.05, 0.1) is 13.2 Å². The zero-order valence-corrected chi connectivity index (χ0v) is 12.2. The van der Waals surface area contributed by atoms with Gasteiger partial charge in [0.2, 0.25) is 0 Å². The fraction of sp³-hybridized carbons (Fsp3) is 0.625. The van der Waals surface area contributed by atoms with E-state index in [9.17, 15) is 0 Å². The predicted molar refractivity (Wildman–Crippen MR) is 80.0 cm³/mol. The van der Waals surface area contributed by atoms with Crippen molar-refractivity contribution in [2.24, 2.45) is 11.7 Å². The highest BCUT2D eigenvalue weighted by Crippen LogP contribution is 2.22. The molecule has 0 heterocycles. The summed E-state index contributed by atoms with van der Waals surface area (Å²) in [6, 6.07) is 0.0259. The minimum Gasteiger partial charge on any atom is -0.379 e. The Kier molecular flexibility index (Phi) is 8.47. The van der Waals surface area contributed by atoms with Crippen molar-refractivity contribution in [3.63, 3.8) is 0 Å². The van der Waals surface area contributed by atoms with E-state index < -0.39 is 0 Å². The Balaban J connectivity index is 2.33. The highest BCUT2D eigenvalue weighted by Gasteiger charge is 2.12. The second-order valence-electron chi connectivity index (χ2n) is 4.69. The van der Waals surface area contributed by atoms with Crippen LogP contribution >= 0.6 is 0 Å². The van der Waals surface area contributed by atoms with Crippen molar-refractivity contribution in [3.8, 4) is 0 Å². The Morgan fingerprint density at radius 2 is 1.95 bits per heavy atom. The van der Waals surface area contributed by atoms with Gasteiger partial charge in [-0.2, -0.15) is 0 Å². The molecule has 2 atom stereocenters. The first kappa shape index (κ1) is 16.2. The van der Waals surface area contributed by atoms with Crippen molar-refractivity contribution in [1.82, 2.24) is 0 Å². The number of rotatable bonds is 9. The van der Waals surface area contributed by atoms with Gasteiger partial charge in [-0.05, 0) is 31.3 Å². The first-order valence-electron chi connectivity index (χ1n) is 7.25. The van der Waals surface area contributed by atoms with Gasteiger partial charge in [0.1, 0.15) is 0 Å². The molecule has 0 aromatic carbocycles. The lowest BCUT2D eigenvalue weighted by Crippen LogP contribution is -2.16. The maximum Gasteiger partial charge on any atom is 0.0700 e. The second-order valence-corrected chi connectivity index (χ2v) is 4.69. The molecule has 1 aliphatic rings. The average molecular weight is 265 g/mol. The van der Waals surface area contributed by atoms with E-state index in [-0.39, 0.29) is 6.04 Å². The van der Waals surface area contributed by atoms with Crippen LogP contribution in [0.5, 0.6) is 0 Å². The van der Waals surface area contributed by atoms with Gasteiger partial charge >= 0.3 is 0 Å². The van der Waals surface area contributed by atoms with E-state index in [1.807, 2.05) is 19.1 Å². The fourth-order valence-corrected chi connectivity index (χ4v) is 2.16. The Bertz CT molecular complexity index is 321. The fourth-order valence-electron chi connectivity index (χ4n) is 2.16. The molecule has 108 valence electrons. The number of hydrogen-bond acceptors (Lipinski definition) is 3. The standard InChI is InChI=1S/C16H27NO2/c1-3-14(9-10-19-12-11-18-4-2)15-7-5-6-8-16(17)13-15/h5-8,13-14,16H,3-4,9-12,17H2,1-2H3/t14-,16?/m1/s1. The Morgan fingerprint density at radius 1 is 1.16 bits per heavy atom. The predicted octanol–water partition coefficient (Wildman–Crippen LogP) is 2.84. The smallest absolute Gasteiger partial charge is 0.0700 e. The van der Waals surface area contributed by atoms with Gasteiger partial charge in [-0.1, -0.05) is 37.3 Å². The number of allylic oxidation sites excluding steroid dienone is 4. The molecule has 0 saturated carbocycles. The minimum atomic E-state index is 0.0259. The molecular formula is C16H27NO2. The van der Waals surface area contributed by atoms with Crippen LogP contribution in [0.3, 0.4) is 0 Å². The Morgan fingerprint density at radius 3 is 2.68 bits per heavy atom. The number of hydrogen-bond donors (Lipinski definition) is 1. The highest BCUT2D eigenvalue weighted by molar-refractivity contribution is 5.31. The quantitative estimate of drug-likeness (QED) is 0.652. The molecule has 0 radical (unpaired) electrons. The summed E-state index contributed by atoms with van der Waals surface area (Å²) in [6.45, 7) is 7.10. The summed E-state index contributed by atoms with van der Waals surface area (Å²) in [5, 5.41) is 0. The van der Waals surface area contributed by atoms with Crippen molar-refractivity contribution in [1.29, 1.82) is 0 Å². The van der Waals surface area contributed by atoms with Crippen LogP contribution < -0.4 is 5.73 Å². The van der Waals surface area contributed by atoms with Crippen molar-refractivity contribution in [3.05, 3.63) is 36.0 Å². The van der Waals surface area contributed by atoms with Gasteiger partial charge in [-0.3, -0.25) is 0 Å². The summed E-state index contributed by atoms with van der Waals surface area (Å²) in [6.07, 6.45) is 12.5. The highest BCUT2D eigenvalue weighted by atomic mass is 16.5. The summed E-state index contributed by atoms with van der Waals surface area (Å²) >= 11 is 0. The van der Waals surface area contributed by atoms with E-state index in [0.717, 1.165) is 26.1 Å². The third-order valence-electron chi connectivity index (χ3n) is 3.27. The monoisotopic (exact) mass is 265 g/mol. The van der Waals surface area contributed by atoms with E-state index in [4.69, 9.17) is 15.2 Å². The van der Waals surface area contributed by atoms with Crippen LogP contribution in [0.1, 0.15) is 26.7 Å². The third kappa shape index (κ3) is 6.71. The first-order chi connectivity index (χ1) is 9.27. The second kappa shape index (κ2) is 9.96. The average Bonchev–Trinajstić information content (AvgIpc) is 2.63. The molecule has 0 amide bonds. The zero-order valence-electron chi connectivity index (χ0n) is 12.2. The van der Waals surface area contributed by atoms with E-state index in [1.54, 1.807) is 0 Å². The maximum atomic E-state index is 5.98. The van der Waals surface area contributed by atoms with Crippen LogP contribution in [-0.4, -0.2) is 32.5 Å². The van der Waals surface area contributed by atoms with Crippen molar-refractivity contribution >= 4 is 0 Å². The molecule has 0 aromatic heterocycles. The largest absolute Gasteiger partial charge is 0.379 e. The Labute approximate surface area is 117 Å². The van der Waals surface area contributed by atoms with Gasteiger partial charge in [0.25, 0.3) is 0 Å². The van der Waals surface area contributed by atoms with Crippen molar-refractivity contribution in [2.45, 2.75) is 32.7 Å². The molecule has 0 aliphatic heterocycles. The summed E-state index contributed by atoms with van der Waals surface area (Å²) in [5.41, 5.74) is 7.30. The molecule has 1 aliphatic carbocycles. The van der Waals surface area contributed by atoms with Crippen molar-refractivity contribution in [2.75, 3.05) is 26.4 Å². The lowest BCUT2D eigenvalue weighted by molar-refractivity contribution is 0.0487. The summed E-state index contributed by atoms with van der Waals surface area (Å²) in [4.78, 5) is 0. The molecule has 0 aromatic rings. The van der Waals surface area contributed by atoms with E-state index in [0.29, 0.717) is 19.1 Å². The summed E-state index contributed by atoms with van der Waals surface area (Å²) < 4.78 is 10.8. The molecule has 0 spiro atoms. The van der Waals surface area contributed by atoms with Gasteiger partial charge in [-0.25, -0.2) is 0 Å². The third-order valence-corrected chi connectivity index (χ3v) is 3.27. The van der Waals surface area contributed by atoms with Gasteiger partial charge < -0.3 is 15.2 Å². The van der Waals surface area contributed by atoms with Gasteiger partial charge in [-0.15, -0.1) is 0 Å². The summed E-state index contributed by atoms with van der Waals surface area (Å²) in [7, 11) is 0. The van der Waals surface area contributed by atoms with Crippen LogP contribution in [0.15, 0.2) is 36.0 Å². The molecule has 2 N–H and O–H groups in total. The molecule has 3 nitrogen and oxygen atoms in total. The van der Waals surface area contributed by atoms with Crippen LogP contribution in [0, 0.1) is 5.92 Å². The lowest BCUT2D eigenvalue weighted by atomic mass is 9.92. The molecular weight excluding hydrogens is 238 g/mol. The Hall–Kier alpha value is -0.900.